The predicted octanol–water partition coefficient (Wildman–Crippen LogP) is 0.252. The Labute approximate surface area is 43.0 Å². The highest BCUT2D eigenvalue weighted by molar-refractivity contribution is 5.64. The van der Waals surface area contributed by atoms with E-state index in [1.54, 1.807) is 6.08 Å². The first kappa shape index (κ1) is 6.37. The van der Waals surface area contributed by atoms with Crippen LogP contribution < -0.4 is 5.73 Å². The van der Waals surface area contributed by atoms with Crippen LogP contribution in [0.15, 0.2) is 12.2 Å². The van der Waals surface area contributed by atoms with E-state index in [2.05, 4.69) is 0 Å². The Hall–Kier alpha value is -0.630. The second kappa shape index (κ2) is 5.37. The number of aldehydes is 1. The summed E-state index contributed by atoms with van der Waals surface area (Å²) < 4.78 is 0. The number of hydrogen-bond donors (Lipinski definition) is 1. The van der Waals surface area contributed by atoms with E-state index in [0.29, 0.717) is 6.42 Å². The number of nitrogens with two attached hydrogens (primary N) is 1. The van der Waals surface area contributed by atoms with Crippen molar-refractivity contribution in [2.45, 2.75) is 6.42 Å². The molecular weight excluding hydrogens is 90.1 g/mol. The van der Waals surface area contributed by atoms with Crippen molar-refractivity contribution in [2.75, 3.05) is 0 Å². The molecule has 2 N–H and O–H groups in total. The first-order valence-electron chi connectivity index (χ1n) is 2.05. The largest absolute Gasteiger partial charge is 0.483 e. The molecule has 0 spiro atoms. The number of carbonyl (C=O) groups is 1. The Morgan fingerprint density at radius 2 is 2.43 bits per heavy atom. The Morgan fingerprint density at radius 1 is 1.71 bits per heavy atom. The zero-order chi connectivity index (χ0) is 5.54. The van der Waals surface area contributed by atoms with Gasteiger partial charge >= 0.3 is 0 Å². The van der Waals surface area contributed by atoms with Crippen LogP contribution in [-0.4, -0.2) is 6.29 Å². The van der Waals surface area contributed by atoms with Gasteiger partial charge in [-0.3, -0.25) is 11.3 Å². The number of carbonyl (C=O) groups excluding carboxylic acids is 1. The molecule has 0 aliphatic rings. The van der Waals surface area contributed by atoms with Crippen LogP contribution in [-0.2, 0) is 4.79 Å². The second-order valence-corrected chi connectivity index (χ2v) is 1.04. The van der Waals surface area contributed by atoms with Gasteiger partial charge in [0.2, 0.25) is 0 Å². The van der Waals surface area contributed by atoms with E-state index in [9.17, 15) is 4.79 Å². The van der Waals surface area contributed by atoms with Gasteiger partial charge in [0.1, 0.15) is 6.29 Å². The third-order valence-corrected chi connectivity index (χ3v) is 0.487. The summed E-state index contributed by atoms with van der Waals surface area (Å²) >= 11 is 0. The molecule has 0 aliphatic carbocycles. The van der Waals surface area contributed by atoms with Crippen LogP contribution in [0.2, 0.25) is 0 Å². The van der Waals surface area contributed by atoms with Crippen molar-refractivity contribution in [3.05, 3.63) is 18.7 Å². The van der Waals surface area contributed by atoms with Gasteiger partial charge < -0.3 is 5.73 Å². The van der Waals surface area contributed by atoms with Crippen LogP contribution in [0.1, 0.15) is 6.42 Å². The molecule has 0 rings (SSSR count). The van der Waals surface area contributed by atoms with Crippen LogP contribution in [0.4, 0.5) is 0 Å². The highest BCUT2D eigenvalue weighted by Gasteiger charge is 1.58. The van der Waals surface area contributed by atoms with Crippen LogP contribution in [0.25, 0.3) is 0 Å². The van der Waals surface area contributed by atoms with Gasteiger partial charge in [-0.05, 0) is 6.08 Å². The number of rotatable bonds is 3. The topological polar surface area (TPSA) is 43.1 Å². The molecule has 0 saturated heterocycles. The third-order valence-electron chi connectivity index (χ3n) is 0.487. The molecule has 0 amide bonds. The quantitative estimate of drug-likeness (QED) is 0.312. The fourth-order valence-corrected chi connectivity index (χ4v) is 0.213. The average molecular weight is 98.1 g/mol. The van der Waals surface area contributed by atoms with Crippen molar-refractivity contribution in [1.82, 2.24) is 0 Å². The van der Waals surface area contributed by atoms with Gasteiger partial charge in [0.15, 0.2) is 0 Å². The molecule has 40 valence electrons. The van der Waals surface area contributed by atoms with Gasteiger partial charge in [-0.25, -0.2) is 0 Å². The fraction of sp³-hybridized carbons (Fsp3) is 0.200. The molecule has 0 unspecified atom stereocenters. The van der Waals surface area contributed by atoms with Crippen molar-refractivity contribution in [3.63, 3.8) is 0 Å². The molecular formula is C5H8NO-. The molecule has 0 bridgehead atoms. The standard InChI is InChI=1S/C5H8NO/c6-4-2-1-3-5-7/h1,3-5H,2,6H2/q-1/b3-1-. The Morgan fingerprint density at radius 3 is 2.86 bits per heavy atom. The second-order valence-electron chi connectivity index (χ2n) is 1.04. The van der Waals surface area contributed by atoms with Gasteiger partial charge in [0, 0.05) is 0 Å². The SMILES string of the molecule is N[CH-]C/C=C\C=O. The summed E-state index contributed by atoms with van der Waals surface area (Å²) in [5.74, 6) is 0. The molecule has 0 aromatic heterocycles. The minimum absolute atomic E-state index is 0.665. The normalized spacial score (nSPS) is 9.86. The van der Waals surface area contributed by atoms with Crippen LogP contribution in [0, 0.1) is 6.54 Å². The van der Waals surface area contributed by atoms with E-state index < -0.39 is 0 Å². The lowest BCUT2D eigenvalue weighted by Gasteiger charge is -1.91. The molecule has 0 heterocycles. The molecule has 0 fully saturated rings. The first-order chi connectivity index (χ1) is 3.41. The van der Waals surface area contributed by atoms with E-state index >= 15 is 0 Å². The number of allylic oxidation sites excluding steroid dienone is 1. The third kappa shape index (κ3) is 5.37. The highest BCUT2D eigenvalue weighted by Crippen LogP contribution is 1.77. The number of hydrogen-bond acceptors (Lipinski definition) is 2. The van der Waals surface area contributed by atoms with Crippen LogP contribution in [0.3, 0.4) is 0 Å². The minimum atomic E-state index is 0.665. The molecule has 0 atom stereocenters. The van der Waals surface area contributed by atoms with E-state index in [-0.39, 0.29) is 0 Å². The lowest BCUT2D eigenvalue weighted by Crippen LogP contribution is -1.85. The van der Waals surface area contributed by atoms with Crippen LogP contribution in [0.5, 0.6) is 0 Å². The lowest BCUT2D eigenvalue weighted by molar-refractivity contribution is -0.104. The summed E-state index contributed by atoms with van der Waals surface area (Å²) in [6.45, 7) is 1.49. The van der Waals surface area contributed by atoms with Crippen molar-refractivity contribution < 1.29 is 4.79 Å². The van der Waals surface area contributed by atoms with Gasteiger partial charge in [0.25, 0.3) is 0 Å². The molecule has 0 aromatic carbocycles. The van der Waals surface area contributed by atoms with Gasteiger partial charge in [-0.15, -0.1) is 12.5 Å². The van der Waals surface area contributed by atoms with Gasteiger partial charge in [-0.1, -0.05) is 0 Å². The average Bonchev–Trinajstić information content (AvgIpc) is 1.69. The first-order valence-corrected chi connectivity index (χ1v) is 2.05. The van der Waals surface area contributed by atoms with Crippen molar-refractivity contribution in [2.24, 2.45) is 5.73 Å². The van der Waals surface area contributed by atoms with E-state index in [1.165, 1.54) is 12.6 Å². The summed E-state index contributed by atoms with van der Waals surface area (Å²) in [7, 11) is 0. The molecule has 2 heteroatoms. The smallest absolute Gasteiger partial charge is 0.142 e. The Bertz CT molecular complexity index is 68.5. The zero-order valence-corrected chi connectivity index (χ0v) is 4.00. The highest BCUT2D eigenvalue weighted by atomic mass is 16.1. The van der Waals surface area contributed by atoms with Gasteiger partial charge in [-0.2, -0.15) is 0 Å². The van der Waals surface area contributed by atoms with Crippen molar-refractivity contribution in [1.29, 1.82) is 0 Å². The molecule has 0 saturated carbocycles. The molecule has 7 heavy (non-hydrogen) atoms. The maximum Gasteiger partial charge on any atom is 0.142 e. The molecule has 0 radical (unpaired) electrons. The maximum atomic E-state index is 9.54. The lowest BCUT2D eigenvalue weighted by atomic mass is 10.4. The van der Waals surface area contributed by atoms with E-state index in [0.717, 1.165) is 6.29 Å². The fourth-order valence-electron chi connectivity index (χ4n) is 0.213. The summed E-state index contributed by atoms with van der Waals surface area (Å²) in [6, 6.07) is 0. The van der Waals surface area contributed by atoms with Crippen molar-refractivity contribution >= 4 is 6.29 Å². The molecule has 0 aromatic rings. The zero-order valence-electron chi connectivity index (χ0n) is 4.00. The Kier molecular flexibility index (Phi) is 4.89. The van der Waals surface area contributed by atoms with E-state index in [1.807, 2.05) is 0 Å². The summed E-state index contributed by atoms with van der Waals surface area (Å²) in [6.07, 6.45) is 4.50. The minimum Gasteiger partial charge on any atom is -0.483 e. The van der Waals surface area contributed by atoms with Gasteiger partial charge in [0.05, 0.1) is 0 Å². The monoisotopic (exact) mass is 98.1 g/mol. The predicted molar refractivity (Wildman–Crippen MR) is 28.3 cm³/mol. The molecule has 0 aliphatic heterocycles. The van der Waals surface area contributed by atoms with Crippen molar-refractivity contribution in [3.8, 4) is 0 Å². The van der Waals surface area contributed by atoms with E-state index in [4.69, 9.17) is 5.73 Å². The molecule has 2 nitrogen and oxygen atoms in total. The maximum absolute atomic E-state index is 9.54. The summed E-state index contributed by atoms with van der Waals surface area (Å²) in [4.78, 5) is 9.54. The summed E-state index contributed by atoms with van der Waals surface area (Å²) in [5.41, 5.74) is 4.98. The summed E-state index contributed by atoms with van der Waals surface area (Å²) in [5, 5.41) is 0. The van der Waals surface area contributed by atoms with Crippen LogP contribution >= 0.6 is 0 Å². The Balaban J connectivity index is 2.92.